The van der Waals surface area contributed by atoms with Crippen LogP contribution in [0.2, 0.25) is 10.0 Å². The molecule has 22 heavy (non-hydrogen) atoms. The lowest BCUT2D eigenvalue weighted by Gasteiger charge is -2.21. The molecule has 2 aromatic rings. The van der Waals surface area contributed by atoms with Gasteiger partial charge in [0.25, 0.3) is 0 Å². The van der Waals surface area contributed by atoms with Crippen LogP contribution in [0.25, 0.3) is 0 Å². The van der Waals surface area contributed by atoms with Crippen molar-refractivity contribution in [2.75, 3.05) is 23.8 Å². The van der Waals surface area contributed by atoms with Crippen LogP contribution in [-0.4, -0.2) is 18.3 Å². The molecule has 0 radical (unpaired) electrons. The molecule has 1 aliphatic rings. The van der Waals surface area contributed by atoms with Crippen molar-refractivity contribution in [2.45, 2.75) is 13.3 Å². The molecule has 6 heteroatoms. The van der Waals surface area contributed by atoms with E-state index in [1.54, 1.807) is 13.0 Å². The summed E-state index contributed by atoms with van der Waals surface area (Å²) in [6.07, 6.45) is 0.984. The minimum absolute atomic E-state index is 0. The van der Waals surface area contributed by atoms with E-state index in [1.807, 2.05) is 30.3 Å². The first-order valence-electron chi connectivity index (χ1n) is 6.78. The first-order chi connectivity index (χ1) is 10.1. The summed E-state index contributed by atoms with van der Waals surface area (Å²) in [5, 5.41) is 9.01. The van der Waals surface area contributed by atoms with E-state index in [0.717, 1.165) is 23.7 Å². The highest BCUT2D eigenvalue weighted by Gasteiger charge is 2.21. The van der Waals surface area contributed by atoms with E-state index in [-0.39, 0.29) is 19.0 Å². The lowest BCUT2D eigenvalue weighted by Crippen LogP contribution is -2.14. The summed E-state index contributed by atoms with van der Waals surface area (Å²) in [5.74, 6) is 0. The van der Waals surface area contributed by atoms with E-state index >= 15 is 0 Å². The normalized spacial score (nSPS) is 12.1. The standard InChI is InChI=1S/C14H12Cl2N2.C2H6O.ClH/c15-10-1-3-13-9(7-10)5-6-18(13)14-4-2-11(16)8-12(14)17;1-2-3;/h1-4,7-8H,5-6,17H2;3H,2H2,1H3;1H. The second kappa shape index (κ2) is 8.49. The molecule has 3 nitrogen and oxygen atoms in total. The van der Waals surface area contributed by atoms with Gasteiger partial charge in [-0.15, -0.1) is 12.4 Å². The second-order valence-corrected chi connectivity index (χ2v) is 5.57. The van der Waals surface area contributed by atoms with Crippen LogP contribution in [0.3, 0.4) is 0 Å². The number of aliphatic hydroxyl groups is 1. The number of rotatable bonds is 1. The number of hydrogen-bond acceptors (Lipinski definition) is 3. The summed E-state index contributed by atoms with van der Waals surface area (Å²) >= 11 is 11.9. The van der Waals surface area contributed by atoms with Gasteiger partial charge in [0, 0.05) is 28.9 Å². The monoisotopic (exact) mass is 360 g/mol. The van der Waals surface area contributed by atoms with Gasteiger partial charge < -0.3 is 15.7 Å². The minimum Gasteiger partial charge on any atom is -0.397 e. The molecule has 0 bridgehead atoms. The van der Waals surface area contributed by atoms with Gasteiger partial charge in [0.1, 0.15) is 0 Å². The van der Waals surface area contributed by atoms with Crippen LogP contribution in [0.4, 0.5) is 17.1 Å². The largest absolute Gasteiger partial charge is 0.397 e. The maximum absolute atomic E-state index is 7.57. The Balaban J connectivity index is 0.000000562. The third kappa shape index (κ3) is 4.20. The average molecular weight is 362 g/mol. The van der Waals surface area contributed by atoms with Crippen LogP contribution in [0.1, 0.15) is 12.5 Å². The van der Waals surface area contributed by atoms with Gasteiger partial charge >= 0.3 is 0 Å². The molecule has 0 aliphatic carbocycles. The van der Waals surface area contributed by atoms with Crippen LogP contribution in [0.5, 0.6) is 0 Å². The lowest BCUT2D eigenvalue weighted by molar-refractivity contribution is 0.318. The Kier molecular flexibility index (Phi) is 7.30. The molecule has 0 fully saturated rings. The molecular formula is C16H19Cl3N2O. The maximum atomic E-state index is 7.57. The van der Waals surface area contributed by atoms with Crippen LogP contribution in [0, 0.1) is 0 Å². The number of nitrogens with zero attached hydrogens (tertiary/aromatic N) is 1. The number of hydrogen-bond donors (Lipinski definition) is 2. The van der Waals surface area contributed by atoms with Gasteiger partial charge in [0.2, 0.25) is 0 Å². The quantitative estimate of drug-likeness (QED) is 0.724. The third-order valence-electron chi connectivity index (χ3n) is 3.22. The Morgan fingerprint density at radius 2 is 1.64 bits per heavy atom. The molecule has 0 amide bonds. The van der Waals surface area contributed by atoms with E-state index in [4.69, 9.17) is 34.0 Å². The maximum Gasteiger partial charge on any atom is 0.0645 e. The third-order valence-corrected chi connectivity index (χ3v) is 3.69. The van der Waals surface area contributed by atoms with Gasteiger partial charge in [-0.05, 0) is 55.3 Å². The topological polar surface area (TPSA) is 49.5 Å². The highest BCUT2D eigenvalue weighted by molar-refractivity contribution is 6.31. The summed E-state index contributed by atoms with van der Waals surface area (Å²) in [6.45, 7) is 2.85. The van der Waals surface area contributed by atoms with Crippen molar-refractivity contribution < 1.29 is 5.11 Å². The van der Waals surface area contributed by atoms with Crippen LogP contribution < -0.4 is 10.6 Å². The summed E-state index contributed by atoms with van der Waals surface area (Å²) in [6, 6.07) is 11.6. The number of nitrogen functional groups attached to an aromatic ring is 1. The fraction of sp³-hybridized carbons (Fsp3) is 0.250. The molecule has 0 aromatic heterocycles. The van der Waals surface area contributed by atoms with Crippen LogP contribution in [0.15, 0.2) is 36.4 Å². The van der Waals surface area contributed by atoms with Crippen molar-refractivity contribution in [3.63, 3.8) is 0 Å². The van der Waals surface area contributed by atoms with E-state index in [2.05, 4.69) is 4.90 Å². The fourth-order valence-corrected chi connectivity index (χ4v) is 2.77. The first-order valence-corrected chi connectivity index (χ1v) is 7.54. The molecule has 120 valence electrons. The van der Waals surface area contributed by atoms with Crippen molar-refractivity contribution in [2.24, 2.45) is 0 Å². The van der Waals surface area contributed by atoms with Crippen molar-refractivity contribution in [1.29, 1.82) is 0 Å². The SMILES string of the molecule is CCO.Cl.Nc1cc(Cl)ccc1N1CCc2cc(Cl)ccc21. The van der Waals surface area contributed by atoms with Gasteiger partial charge in [-0.25, -0.2) is 0 Å². The molecule has 0 unspecified atom stereocenters. The molecule has 1 aliphatic heterocycles. The summed E-state index contributed by atoms with van der Waals surface area (Å²) in [7, 11) is 0. The molecule has 1 heterocycles. The van der Waals surface area contributed by atoms with E-state index < -0.39 is 0 Å². The number of fused-ring (bicyclic) bond motifs is 1. The van der Waals surface area contributed by atoms with Gasteiger partial charge in [-0.3, -0.25) is 0 Å². The van der Waals surface area contributed by atoms with Crippen LogP contribution >= 0.6 is 35.6 Å². The minimum atomic E-state index is 0. The Labute approximate surface area is 147 Å². The summed E-state index contributed by atoms with van der Waals surface area (Å²) in [5.41, 5.74) is 10.2. The molecule has 3 N–H and O–H groups in total. The molecule has 0 atom stereocenters. The molecule has 0 spiro atoms. The summed E-state index contributed by atoms with van der Waals surface area (Å²) in [4.78, 5) is 2.21. The lowest BCUT2D eigenvalue weighted by atomic mass is 10.1. The smallest absolute Gasteiger partial charge is 0.0645 e. The van der Waals surface area contributed by atoms with Gasteiger partial charge in [-0.2, -0.15) is 0 Å². The zero-order chi connectivity index (χ0) is 15.4. The number of anilines is 3. The highest BCUT2D eigenvalue weighted by Crippen LogP contribution is 2.39. The fourth-order valence-electron chi connectivity index (χ4n) is 2.39. The number of halogens is 3. The molecule has 0 saturated heterocycles. The molecule has 3 rings (SSSR count). The van der Waals surface area contributed by atoms with Gasteiger partial charge in [-0.1, -0.05) is 23.2 Å². The molecular weight excluding hydrogens is 343 g/mol. The Hall–Kier alpha value is -1.13. The second-order valence-electron chi connectivity index (χ2n) is 4.69. The molecule has 0 saturated carbocycles. The Morgan fingerprint density at radius 1 is 1.09 bits per heavy atom. The van der Waals surface area contributed by atoms with Crippen molar-refractivity contribution in [1.82, 2.24) is 0 Å². The number of aliphatic hydroxyl groups excluding tert-OH is 1. The zero-order valence-electron chi connectivity index (χ0n) is 12.2. The van der Waals surface area contributed by atoms with Crippen molar-refractivity contribution >= 4 is 52.7 Å². The Bertz CT molecular complexity index is 635. The van der Waals surface area contributed by atoms with Crippen LogP contribution in [-0.2, 0) is 6.42 Å². The number of benzene rings is 2. The van der Waals surface area contributed by atoms with Crippen molar-refractivity contribution in [3.05, 3.63) is 52.0 Å². The average Bonchev–Trinajstić information content (AvgIpc) is 2.82. The molecule has 2 aromatic carbocycles. The summed E-state index contributed by atoms with van der Waals surface area (Å²) < 4.78 is 0. The predicted molar refractivity (Wildman–Crippen MR) is 98.0 cm³/mol. The van der Waals surface area contributed by atoms with E-state index in [1.165, 1.54) is 11.3 Å². The predicted octanol–water partition coefficient (Wildman–Crippen LogP) is 4.69. The van der Waals surface area contributed by atoms with E-state index in [0.29, 0.717) is 10.7 Å². The number of nitrogens with two attached hydrogens (primary N) is 1. The first kappa shape index (κ1) is 18.9. The zero-order valence-corrected chi connectivity index (χ0v) is 14.5. The van der Waals surface area contributed by atoms with E-state index in [9.17, 15) is 0 Å². The van der Waals surface area contributed by atoms with Gasteiger partial charge in [0.05, 0.1) is 11.4 Å². The van der Waals surface area contributed by atoms with Crippen molar-refractivity contribution in [3.8, 4) is 0 Å². The highest BCUT2D eigenvalue weighted by atomic mass is 35.5. The van der Waals surface area contributed by atoms with Gasteiger partial charge in [0.15, 0.2) is 0 Å². The Morgan fingerprint density at radius 3 is 2.23 bits per heavy atom.